The van der Waals surface area contributed by atoms with Crippen LogP contribution in [0, 0.1) is 13.8 Å². The summed E-state index contributed by atoms with van der Waals surface area (Å²) in [6.45, 7) is 4.59. The van der Waals surface area contributed by atoms with Crippen molar-refractivity contribution in [2.75, 3.05) is 18.9 Å². The minimum absolute atomic E-state index is 0.0396. The lowest BCUT2D eigenvalue weighted by Gasteiger charge is -2.24. The van der Waals surface area contributed by atoms with Gasteiger partial charge in [0, 0.05) is 31.5 Å². The van der Waals surface area contributed by atoms with E-state index in [4.69, 9.17) is 0 Å². The number of fused-ring (bicyclic) bond motifs is 1. The van der Waals surface area contributed by atoms with E-state index >= 15 is 0 Å². The molecule has 0 saturated carbocycles. The number of nitrogens with zero attached hydrogens (tertiary/aromatic N) is 5. The van der Waals surface area contributed by atoms with Gasteiger partial charge in [-0.3, -0.25) is 4.79 Å². The van der Waals surface area contributed by atoms with Gasteiger partial charge in [0.15, 0.2) is 0 Å². The van der Waals surface area contributed by atoms with Crippen LogP contribution < -0.4 is 5.32 Å². The summed E-state index contributed by atoms with van der Waals surface area (Å²) in [5, 5.41) is 3.06. The standard InChI is InChI=1S/C19H22N6O/c1-12-6-4-8-18-23-15(11-25(12)18)19(26)24-9-5-7-16(24)14-10-17(20-3)22-13(2)21-14/h4,6,8,10-11,16H,5,7,9H2,1-3H3,(H,20,21,22)/t16-/m1/s1. The molecule has 1 aliphatic heterocycles. The number of hydrogen-bond donors (Lipinski definition) is 1. The lowest BCUT2D eigenvalue weighted by molar-refractivity contribution is 0.0727. The molecule has 26 heavy (non-hydrogen) atoms. The van der Waals surface area contributed by atoms with Gasteiger partial charge in [-0.2, -0.15) is 0 Å². The Morgan fingerprint density at radius 1 is 1.23 bits per heavy atom. The van der Waals surface area contributed by atoms with Crippen LogP contribution in [0.25, 0.3) is 5.65 Å². The molecule has 1 amide bonds. The Kier molecular flexibility index (Phi) is 4.06. The predicted octanol–water partition coefficient (Wildman–Crippen LogP) is 2.76. The monoisotopic (exact) mass is 350 g/mol. The van der Waals surface area contributed by atoms with Crippen LogP contribution in [-0.2, 0) is 0 Å². The molecule has 1 N–H and O–H groups in total. The van der Waals surface area contributed by atoms with Gasteiger partial charge in [-0.15, -0.1) is 0 Å². The Labute approximate surface area is 152 Å². The molecular formula is C19H22N6O. The van der Waals surface area contributed by atoms with Gasteiger partial charge in [-0.1, -0.05) is 6.07 Å². The van der Waals surface area contributed by atoms with Crippen molar-refractivity contribution in [3.8, 4) is 0 Å². The highest BCUT2D eigenvalue weighted by molar-refractivity contribution is 5.93. The van der Waals surface area contributed by atoms with Crippen molar-refractivity contribution in [3.63, 3.8) is 0 Å². The fourth-order valence-corrected chi connectivity index (χ4v) is 3.61. The average Bonchev–Trinajstić information content (AvgIpc) is 3.28. The normalized spacial score (nSPS) is 17.0. The van der Waals surface area contributed by atoms with Crippen LogP contribution in [0.5, 0.6) is 0 Å². The lowest BCUT2D eigenvalue weighted by Crippen LogP contribution is -2.31. The van der Waals surface area contributed by atoms with Crippen LogP contribution in [0.2, 0.25) is 0 Å². The molecule has 7 nitrogen and oxygen atoms in total. The average molecular weight is 350 g/mol. The zero-order valence-electron chi connectivity index (χ0n) is 15.2. The summed E-state index contributed by atoms with van der Waals surface area (Å²) in [7, 11) is 1.84. The number of aromatic nitrogens is 4. The van der Waals surface area contributed by atoms with E-state index in [1.165, 1.54) is 0 Å². The van der Waals surface area contributed by atoms with Crippen molar-refractivity contribution >= 4 is 17.4 Å². The maximum atomic E-state index is 13.1. The van der Waals surface area contributed by atoms with Crippen LogP contribution in [0.4, 0.5) is 5.82 Å². The molecule has 134 valence electrons. The van der Waals surface area contributed by atoms with Crippen molar-refractivity contribution in [1.82, 2.24) is 24.3 Å². The SMILES string of the molecule is CNc1cc([C@H]2CCCN2C(=O)c2cn3c(C)cccc3n2)nc(C)n1. The number of likely N-dealkylation sites (tertiary alicyclic amines) is 1. The van der Waals surface area contributed by atoms with E-state index in [0.29, 0.717) is 18.1 Å². The third-order valence-electron chi connectivity index (χ3n) is 4.88. The molecule has 0 radical (unpaired) electrons. The summed E-state index contributed by atoms with van der Waals surface area (Å²) in [6.07, 6.45) is 3.69. The molecule has 1 fully saturated rings. The number of nitrogens with one attached hydrogen (secondary N) is 1. The summed E-state index contributed by atoms with van der Waals surface area (Å²) >= 11 is 0. The first kappa shape index (κ1) is 16.5. The van der Waals surface area contributed by atoms with Crippen LogP contribution in [0.1, 0.15) is 46.6 Å². The summed E-state index contributed by atoms with van der Waals surface area (Å²) < 4.78 is 1.95. The number of anilines is 1. The first-order chi connectivity index (χ1) is 12.6. The number of aryl methyl sites for hydroxylation is 2. The van der Waals surface area contributed by atoms with Crippen LogP contribution >= 0.6 is 0 Å². The van der Waals surface area contributed by atoms with E-state index in [0.717, 1.165) is 35.7 Å². The summed E-state index contributed by atoms with van der Waals surface area (Å²) in [5.41, 5.74) is 3.20. The van der Waals surface area contributed by atoms with Gasteiger partial charge in [-0.05, 0) is 38.8 Å². The van der Waals surface area contributed by atoms with E-state index in [1.807, 2.05) is 60.7 Å². The summed E-state index contributed by atoms with van der Waals surface area (Å²) in [6, 6.07) is 7.76. The fourth-order valence-electron chi connectivity index (χ4n) is 3.61. The third-order valence-corrected chi connectivity index (χ3v) is 4.88. The minimum atomic E-state index is -0.0436. The number of amides is 1. The van der Waals surface area contributed by atoms with Crippen LogP contribution in [0.3, 0.4) is 0 Å². The van der Waals surface area contributed by atoms with Gasteiger partial charge in [0.05, 0.1) is 11.7 Å². The molecule has 7 heteroatoms. The number of hydrogen-bond acceptors (Lipinski definition) is 5. The van der Waals surface area contributed by atoms with E-state index in [9.17, 15) is 4.79 Å². The Bertz CT molecular complexity index is 979. The van der Waals surface area contributed by atoms with Gasteiger partial charge in [0.25, 0.3) is 5.91 Å². The second-order valence-electron chi connectivity index (χ2n) is 6.65. The molecule has 0 bridgehead atoms. The smallest absolute Gasteiger partial charge is 0.274 e. The number of carbonyl (C=O) groups excluding carboxylic acids is 1. The number of pyridine rings is 1. The Morgan fingerprint density at radius 3 is 2.85 bits per heavy atom. The largest absolute Gasteiger partial charge is 0.373 e. The molecule has 0 aliphatic carbocycles. The van der Waals surface area contributed by atoms with Gasteiger partial charge in [-0.25, -0.2) is 15.0 Å². The van der Waals surface area contributed by atoms with E-state index in [-0.39, 0.29) is 11.9 Å². The Hall–Kier alpha value is -2.96. The van der Waals surface area contributed by atoms with Crippen molar-refractivity contribution in [2.45, 2.75) is 32.7 Å². The first-order valence-electron chi connectivity index (χ1n) is 8.86. The molecule has 4 heterocycles. The fraction of sp³-hybridized carbons (Fsp3) is 0.368. The third kappa shape index (κ3) is 2.79. The molecule has 4 rings (SSSR count). The number of imidazole rings is 1. The van der Waals surface area contributed by atoms with Gasteiger partial charge >= 0.3 is 0 Å². The predicted molar refractivity (Wildman–Crippen MR) is 99.3 cm³/mol. The highest BCUT2D eigenvalue weighted by Crippen LogP contribution is 2.33. The quantitative estimate of drug-likeness (QED) is 0.786. The maximum absolute atomic E-state index is 13.1. The summed E-state index contributed by atoms with van der Waals surface area (Å²) in [5.74, 6) is 1.43. The Balaban J connectivity index is 1.68. The number of rotatable bonds is 3. The molecule has 3 aromatic heterocycles. The molecule has 0 aromatic carbocycles. The van der Waals surface area contributed by atoms with Crippen LogP contribution in [-0.4, -0.2) is 43.8 Å². The second kappa shape index (κ2) is 6.40. The zero-order valence-corrected chi connectivity index (χ0v) is 15.2. The van der Waals surface area contributed by atoms with Gasteiger partial charge in [0.1, 0.15) is 23.0 Å². The van der Waals surface area contributed by atoms with E-state index in [2.05, 4.69) is 20.3 Å². The molecule has 1 atom stereocenters. The molecular weight excluding hydrogens is 328 g/mol. The Morgan fingerprint density at radius 2 is 2.08 bits per heavy atom. The molecule has 1 aliphatic rings. The van der Waals surface area contributed by atoms with E-state index < -0.39 is 0 Å². The summed E-state index contributed by atoms with van der Waals surface area (Å²) in [4.78, 5) is 28.5. The zero-order chi connectivity index (χ0) is 18.3. The van der Waals surface area contributed by atoms with Crippen molar-refractivity contribution in [3.05, 3.63) is 53.4 Å². The highest BCUT2D eigenvalue weighted by atomic mass is 16.2. The van der Waals surface area contributed by atoms with Crippen molar-refractivity contribution in [1.29, 1.82) is 0 Å². The topological polar surface area (TPSA) is 75.4 Å². The van der Waals surface area contributed by atoms with Gasteiger partial charge in [0.2, 0.25) is 0 Å². The van der Waals surface area contributed by atoms with Crippen LogP contribution in [0.15, 0.2) is 30.5 Å². The highest BCUT2D eigenvalue weighted by Gasteiger charge is 2.33. The number of carbonyl (C=O) groups is 1. The first-order valence-corrected chi connectivity index (χ1v) is 8.86. The molecule has 3 aromatic rings. The minimum Gasteiger partial charge on any atom is -0.373 e. The van der Waals surface area contributed by atoms with E-state index in [1.54, 1.807) is 0 Å². The lowest BCUT2D eigenvalue weighted by atomic mass is 10.1. The molecule has 0 unspecified atom stereocenters. The maximum Gasteiger partial charge on any atom is 0.274 e. The van der Waals surface area contributed by atoms with Gasteiger partial charge < -0.3 is 14.6 Å². The second-order valence-corrected chi connectivity index (χ2v) is 6.65. The van der Waals surface area contributed by atoms with Crippen molar-refractivity contribution < 1.29 is 4.79 Å². The molecule has 0 spiro atoms. The van der Waals surface area contributed by atoms with Crippen molar-refractivity contribution in [2.24, 2.45) is 0 Å². The molecule has 1 saturated heterocycles.